The first-order valence-electron chi connectivity index (χ1n) is 11.1. The molecule has 150 valence electrons. The lowest BCUT2D eigenvalue weighted by Gasteiger charge is -2.03. The van der Waals surface area contributed by atoms with Crippen molar-refractivity contribution in [2.75, 3.05) is 7.11 Å². The molecule has 1 aromatic heterocycles. The van der Waals surface area contributed by atoms with E-state index in [0.717, 1.165) is 18.0 Å². The number of nitrogens with zero attached hydrogens (tertiary/aromatic N) is 2. The molecule has 0 bridgehead atoms. The molecule has 2 aromatic rings. The average molecular weight is 372 g/mol. The first-order valence-corrected chi connectivity index (χ1v) is 11.1. The minimum atomic E-state index is 0.908. The third-order valence-corrected chi connectivity index (χ3v) is 5.32. The normalized spacial score (nSPS) is 11.0. The Bertz CT molecular complexity index is 620. The van der Waals surface area contributed by atoms with Crippen molar-refractivity contribution in [1.29, 1.82) is 0 Å². The van der Waals surface area contributed by atoms with E-state index in [4.69, 9.17) is 4.74 Å². The second kappa shape index (κ2) is 13.4. The summed E-state index contributed by atoms with van der Waals surface area (Å²) in [6, 6.07) is 8.15. The number of hydrogen-bond acceptors (Lipinski definition) is 1. The molecule has 0 N–H and O–H groups in total. The molecule has 3 heteroatoms. The van der Waals surface area contributed by atoms with E-state index in [2.05, 4.69) is 40.8 Å². The maximum atomic E-state index is 5.46. The van der Waals surface area contributed by atoms with Crippen LogP contribution in [0.1, 0.15) is 84.0 Å². The van der Waals surface area contributed by atoms with Crippen molar-refractivity contribution in [1.82, 2.24) is 4.57 Å². The molecular weight excluding hydrogens is 332 g/mol. The predicted octanol–water partition coefficient (Wildman–Crippen LogP) is 6.47. The lowest BCUT2D eigenvalue weighted by atomic mass is 10.1. The summed E-state index contributed by atoms with van der Waals surface area (Å²) in [7, 11) is 1.73. The topological polar surface area (TPSA) is 18.0 Å². The fourth-order valence-corrected chi connectivity index (χ4v) is 3.65. The van der Waals surface area contributed by atoms with Crippen molar-refractivity contribution in [3.63, 3.8) is 0 Å². The molecule has 0 spiro atoms. The zero-order valence-corrected chi connectivity index (χ0v) is 17.5. The van der Waals surface area contributed by atoms with Crippen LogP contribution in [0.4, 0.5) is 0 Å². The fraction of sp³-hybridized carbons (Fsp3) is 0.625. The van der Waals surface area contributed by atoms with Crippen molar-refractivity contribution >= 4 is 0 Å². The summed E-state index contributed by atoms with van der Waals surface area (Å²) in [5.41, 5.74) is 1.09. The van der Waals surface area contributed by atoms with E-state index in [0.29, 0.717) is 0 Å². The van der Waals surface area contributed by atoms with Crippen molar-refractivity contribution in [3.05, 3.63) is 43.0 Å². The van der Waals surface area contributed by atoms with Gasteiger partial charge in [0, 0.05) is 0 Å². The van der Waals surface area contributed by atoms with Crippen LogP contribution in [0.5, 0.6) is 5.75 Å². The van der Waals surface area contributed by atoms with Gasteiger partial charge in [0.1, 0.15) is 12.4 Å². The molecule has 0 saturated heterocycles. The SMILES string of the molecule is CCCCCCCCCCCCCC[n+]1ccn(-c2ccccc2OC)c1. The number of ether oxygens (including phenoxy) is 1. The van der Waals surface area contributed by atoms with Crippen LogP contribution in [-0.4, -0.2) is 11.7 Å². The Morgan fingerprint density at radius 1 is 0.815 bits per heavy atom. The number of aromatic nitrogens is 2. The molecule has 2 rings (SSSR count). The van der Waals surface area contributed by atoms with Crippen LogP contribution in [0.15, 0.2) is 43.0 Å². The van der Waals surface area contributed by atoms with Gasteiger partial charge in [0.25, 0.3) is 0 Å². The number of methoxy groups -OCH3 is 1. The lowest BCUT2D eigenvalue weighted by molar-refractivity contribution is -0.696. The van der Waals surface area contributed by atoms with Gasteiger partial charge in [-0.05, 0) is 25.0 Å². The Morgan fingerprint density at radius 2 is 1.41 bits per heavy atom. The van der Waals surface area contributed by atoms with Gasteiger partial charge < -0.3 is 4.74 Å². The zero-order chi connectivity index (χ0) is 19.2. The molecule has 3 nitrogen and oxygen atoms in total. The van der Waals surface area contributed by atoms with Gasteiger partial charge in [0.05, 0.1) is 13.7 Å². The van der Waals surface area contributed by atoms with Crippen molar-refractivity contribution in [3.8, 4) is 11.4 Å². The van der Waals surface area contributed by atoms with Crippen molar-refractivity contribution in [2.24, 2.45) is 0 Å². The largest absolute Gasteiger partial charge is 0.492 e. The van der Waals surface area contributed by atoms with Crippen LogP contribution in [0.25, 0.3) is 5.69 Å². The van der Waals surface area contributed by atoms with Crippen molar-refractivity contribution in [2.45, 2.75) is 90.5 Å². The van der Waals surface area contributed by atoms with Crippen LogP contribution < -0.4 is 9.30 Å². The molecule has 1 aromatic carbocycles. The molecule has 0 unspecified atom stereocenters. The summed E-state index contributed by atoms with van der Waals surface area (Å²) < 4.78 is 9.88. The number of hydrogen-bond donors (Lipinski definition) is 0. The quantitative estimate of drug-likeness (QED) is 0.259. The van der Waals surface area contributed by atoms with Gasteiger partial charge in [-0.3, -0.25) is 0 Å². The van der Waals surface area contributed by atoms with E-state index in [1.165, 1.54) is 77.0 Å². The van der Waals surface area contributed by atoms with Crippen LogP contribution in [-0.2, 0) is 6.54 Å². The summed E-state index contributed by atoms with van der Waals surface area (Å²) in [6.45, 7) is 3.38. The molecular formula is C24H39N2O+. The number of imidazole rings is 1. The zero-order valence-electron chi connectivity index (χ0n) is 17.5. The Hall–Kier alpha value is -1.77. The third-order valence-electron chi connectivity index (χ3n) is 5.32. The molecule has 0 aliphatic rings. The summed E-state index contributed by atoms with van der Waals surface area (Å²) in [6.07, 6.45) is 23.2. The van der Waals surface area contributed by atoms with Crippen molar-refractivity contribution < 1.29 is 9.30 Å². The second-order valence-electron chi connectivity index (χ2n) is 7.62. The highest BCUT2D eigenvalue weighted by Gasteiger charge is 2.11. The van der Waals surface area contributed by atoms with E-state index >= 15 is 0 Å². The van der Waals surface area contributed by atoms with E-state index in [1.54, 1.807) is 7.11 Å². The third kappa shape index (κ3) is 8.19. The minimum absolute atomic E-state index is 0.908. The number of benzene rings is 1. The number of aryl methyl sites for hydroxylation is 1. The number of para-hydroxylation sites is 2. The van der Waals surface area contributed by atoms with E-state index < -0.39 is 0 Å². The van der Waals surface area contributed by atoms with Gasteiger partial charge in [-0.15, -0.1) is 0 Å². The highest BCUT2D eigenvalue weighted by atomic mass is 16.5. The smallest absolute Gasteiger partial charge is 0.249 e. The fourth-order valence-electron chi connectivity index (χ4n) is 3.65. The summed E-state index contributed by atoms with van der Waals surface area (Å²) in [5.74, 6) is 0.908. The highest BCUT2D eigenvalue weighted by molar-refractivity contribution is 5.46. The van der Waals surface area contributed by atoms with Gasteiger partial charge in [-0.1, -0.05) is 83.3 Å². The van der Waals surface area contributed by atoms with Gasteiger partial charge in [-0.25, -0.2) is 4.57 Å². The standard InChI is InChI=1S/C24H39N2O/c1-3-4-5-6-7-8-9-10-11-12-13-16-19-25-20-21-26(22-25)23-17-14-15-18-24(23)27-2/h14-15,17-18,20-22H,3-13,16,19H2,1-2H3/q+1. The summed E-state index contributed by atoms with van der Waals surface area (Å²) in [5, 5.41) is 0. The van der Waals surface area contributed by atoms with Crippen LogP contribution >= 0.6 is 0 Å². The molecule has 0 saturated carbocycles. The average Bonchev–Trinajstić information content (AvgIpc) is 3.17. The highest BCUT2D eigenvalue weighted by Crippen LogP contribution is 2.21. The minimum Gasteiger partial charge on any atom is -0.492 e. The first kappa shape index (κ1) is 21.5. The summed E-state index contributed by atoms with van der Waals surface area (Å²) >= 11 is 0. The van der Waals surface area contributed by atoms with Crippen LogP contribution in [0.3, 0.4) is 0 Å². The van der Waals surface area contributed by atoms with Gasteiger partial charge in [-0.2, -0.15) is 4.57 Å². The monoisotopic (exact) mass is 371 g/mol. The van der Waals surface area contributed by atoms with E-state index in [1.807, 2.05) is 18.2 Å². The molecule has 0 amide bonds. The molecule has 0 radical (unpaired) electrons. The lowest BCUT2D eigenvalue weighted by Crippen LogP contribution is -2.30. The predicted molar refractivity (Wildman–Crippen MR) is 114 cm³/mol. The Labute approximate surface area is 166 Å². The number of unbranched alkanes of at least 4 members (excludes halogenated alkanes) is 11. The van der Waals surface area contributed by atoms with Gasteiger partial charge >= 0.3 is 0 Å². The summed E-state index contributed by atoms with van der Waals surface area (Å²) in [4.78, 5) is 0. The molecule has 0 atom stereocenters. The van der Waals surface area contributed by atoms with Gasteiger partial charge in [0.15, 0.2) is 11.4 Å². The van der Waals surface area contributed by atoms with E-state index in [-0.39, 0.29) is 0 Å². The van der Waals surface area contributed by atoms with Crippen LogP contribution in [0.2, 0.25) is 0 Å². The Kier molecular flexibility index (Phi) is 10.7. The molecule has 0 aliphatic heterocycles. The molecule has 0 fully saturated rings. The Balaban J connectivity index is 1.54. The molecule has 0 aliphatic carbocycles. The first-order chi connectivity index (χ1) is 13.3. The van der Waals surface area contributed by atoms with Crippen LogP contribution in [0, 0.1) is 0 Å². The van der Waals surface area contributed by atoms with E-state index in [9.17, 15) is 0 Å². The molecule has 27 heavy (non-hydrogen) atoms. The van der Waals surface area contributed by atoms with Gasteiger partial charge in [0.2, 0.25) is 6.33 Å². The maximum absolute atomic E-state index is 5.46. The number of rotatable bonds is 15. The Morgan fingerprint density at radius 3 is 2.04 bits per heavy atom. The molecule has 1 heterocycles. The maximum Gasteiger partial charge on any atom is 0.249 e. The second-order valence-corrected chi connectivity index (χ2v) is 7.62.